The van der Waals surface area contributed by atoms with Gasteiger partial charge in [-0.25, -0.2) is 9.67 Å². The summed E-state index contributed by atoms with van der Waals surface area (Å²) in [5, 5.41) is 14.0. The highest BCUT2D eigenvalue weighted by atomic mass is 16.3. The van der Waals surface area contributed by atoms with Crippen LogP contribution < -0.4 is 0 Å². The highest BCUT2D eigenvalue weighted by Gasteiger charge is 2.22. The number of furan rings is 1. The van der Waals surface area contributed by atoms with Gasteiger partial charge in [-0.05, 0) is 31.9 Å². The van der Waals surface area contributed by atoms with Crippen LogP contribution in [0.3, 0.4) is 0 Å². The SMILES string of the molecule is Cc1ccc(-c2nc3n(n2)C(O)CCC3)o1. The summed E-state index contributed by atoms with van der Waals surface area (Å²) >= 11 is 0. The Labute approximate surface area is 92.7 Å². The minimum Gasteiger partial charge on any atom is -0.458 e. The third-order valence-electron chi connectivity index (χ3n) is 2.81. The quantitative estimate of drug-likeness (QED) is 0.792. The van der Waals surface area contributed by atoms with Crippen molar-refractivity contribution in [2.24, 2.45) is 0 Å². The van der Waals surface area contributed by atoms with E-state index in [0.717, 1.165) is 30.8 Å². The molecule has 0 bridgehead atoms. The van der Waals surface area contributed by atoms with Crippen LogP contribution in [0.4, 0.5) is 0 Å². The minimum absolute atomic E-state index is 0.541. The Morgan fingerprint density at radius 2 is 2.38 bits per heavy atom. The zero-order chi connectivity index (χ0) is 11.1. The summed E-state index contributed by atoms with van der Waals surface area (Å²) in [6.07, 6.45) is 2.02. The van der Waals surface area contributed by atoms with Crippen molar-refractivity contribution >= 4 is 0 Å². The lowest BCUT2D eigenvalue weighted by molar-refractivity contribution is 0.0647. The number of nitrogens with zero attached hydrogens (tertiary/aromatic N) is 3. The van der Waals surface area contributed by atoms with Gasteiger partial charge in [0.2, 0.25) is 5.82 Å². The van der Waals surface area contributed by atoms with E-state index in [-0.39, 0.29) is 0 Å². The van der Waals surface area contributed by atoms with E-state index in [1.54, 1.807) is 4.68 Å². The van der Waals surface area contributed by atoms with E-state index in [0.29, 0.717) is 11.6 Å². The van der Waals surface area contributed by atoms with E-state index >= 15 is 0 Å². The maximum Gasteiger partial charge on any atom is 0.217 e. The zero-order valence-corrected chi connectivity index (χ0v) is 9.05. The van der Waals surface area contributed by atoms with Crippen molar-refractivity contribution in [1.29, 1.82) is 0 Å². The molecule has 3 heterocycles. The van der Waals surface area contributed by atoms with Gasteiger partial charge in [0.25, 0.3) is 0 Å². The first kappa shape index (κ1) is 9.59. The summed E-state index contributed by atoms with van der Waals surface area (Å²) in [5.41, 5.74) is 0. The molecule has 0 spiro atoms. The van der Waals surface area contributed by atoms with Crippen LogP contribution in [0.5, 0.6) is 0 Å². The normalized spacial score (nSPS) is 19.8. The molecule has 3 rings (SSSR count). The number of fused-ring (bicyclic) bond motifs is 1. The molecule has 84 valence electrons. The summed E-state index contributed by atoms with van der Waals surface area (Å²) in [7, 11) is 0. The lowest BCUT2D eigenvalue weighted by atomic mass is 10.1. The van der Waals surface area contributed by atoms with Crippen LogP contribution in [0.25, 0.3) is 11.6 Å². The van der Waals surface area contributed by atoms with Crippen LogP contribution in [0.2, 0.25) is 0 Å². The fraction of sp³-hybridized carbons (Fsp3) is 0.455. The molecule has 1 aliphatic rings. The van der Waals surface area contributed by atoms with Crippen molar-refractivity contribution in [2.45, 2.75) is 32.4 Å². The predicted octanol–water partition coefficient (Wildman–Crippen LogP) is 1.67. The Morgan fingerprint density at radius 3 is 3.06 bits per heavy atom. The van der Waals surface area contributed by atoms with Gasteiger partial charge in [-0.3, -0.25) is 0 Å². The zero-order valence-electron chi connectivity index (χ0n) is 9.05. The van der Waals surface area contributed by atoms with E-state index in [1.165, 1.54) is 0 Å². The monoisotopic (exact) mass is 219 g/mol. The van der Waals surface area contributed by atoms with Crippen LogP contribution >= 0.6 is 0 Å². The van der Waals surface area contributed by atoms with Crippen molar-refractivity contribution in [3.8, 4) is 11.6 Å². The fourth-order valence-corrected chi connectivity index (χ4v) is 1.99. The fourth-order valence-electron chi connectivity index (χ4n) is 1.99. The average Bonchev–Trinajstić information content (AvgIpc) is 2.84. The molecule has 0 radical (unpaired) electrons. The third-order valence-corrected chi connectivity index (χ3v) is 2.81. The van der Waals surface area contributed by atoms with E-state index in [4.69, 9.17) is 4.42 Å². The molecule has 0 amide bonds. The van der Waals surface area contributed by atoms with Crippen LogP contribution in [-0.2, 0) is 6.42 Å². The molecule has 5 nitrogen and oxygen atoms in total. The molecule has 1 N–H and O–H groups in total. The number of aromatic nitrogens is 3. The minimum atomic E-state index is -0.541. The summed E-state index contributed by atoms with van der Waals surface area (Å²) in [6.45, 7) is 1.88. The summed E-state index contributed by atoms with van der Waals surface area (Å²) in [5.74, 6) is 2.89. The Balaban J connectivity index is 2.04. The molecule has 0 aromatic carbocycles. The second kappa shape index (κ2) is 3.45. The Hall–Kier alpha value is -1.62. The Bertz CT molecular complexity index is 515. The maximum atomic E-state index is 9.76. The van der Waals surface area contributed by atoms with Gasteiger partial charge in [0, 0.05) is 6.42 Å². The Kier molecular flexibility index (Phi) is 2.07. The largest absolute Gasteiger partial charge is 0.458 e. The van der Waals surface area contributed by atoms with E-state index < -0.39 is 6.23 Å². The van der Waals surface area contributed by atoms with Gasteiger partial charge < -0.3 is 9.52 Å². The van der Waals surface area contributed by atoms with Crippen molar-refractivity contribution in [2.75, 3.05) is 0 Å². The number of rotatable bonds is 1. The molecule has 5 heteroatoms. The number of aryl methyl sites for hydroxylation is 2. The van der Waals surface area contributed by atoms with Crippen molar-refractivity contribution < 1.29 is 9.52 Å². The van der Waals surface area contributed by atoms with Crippen LogP contribution in [0, 0.1) is 6.92 Å². The van der Waals surface area contributed by atoms with E-state index in [9.17, 15) is 5.11 Å². The maximum absolute atomic E-state index is 9.76. The second-order valence-corrected chi connectivity index (χ2v) is 4.08. The van der Waals surface area contributed by atoms with Crippen molar-refractivity contribution in [3.05, 3.63) is 23.7 Å². The highest BCUT2D eigenvalue weighted by Crippen LogP contribution is 2.25. The molecule has 1 unspecified atom stereocenters. The van der Waals surface area contributed by atoms with Crippen LogP contribution in [0.1, 0.15) is 30.7 Å². The van der Waals surface area contributed by atoms with Crippen LogP contribution in [-0.4, -0.2) is 19.9 Å². The molecule has 2 aromatic heterocycles. The second-order valence-electron chi connectivity index (χ2n) is 4.08. The van der Waals surface area contributed by atoms with Gasteiger partial charge >= 0.3 is 0 Å². The first-order valence-corrected chi connectivity index (χ1v) is 5.44. The van der Waals surface area contributed by atoms with Gasteiger partial charge in [-0.15, -0.1) is 5.10 Å². The number of hydrogen-bond donors (Lipinski definition) is 1. The Morgan fingerprint density at radius 1 is 1.50 bits per heavy atom. The molecule has 0 fully saturated rings. The molecule has 16 heavy (non-hydrogen) atoms. The predicted molar refractivity (Wildman–Crippen MR) is 56.7 cm³/mol. The summed E-state index contributed by atoms with van der Waals surface area (Å²) < 4.78 is 7.06. The molecule has 0 saturated carbocycles. The first-order valence-electron chi connectivity index (χ1n) is 5.44. The standard InChI is InChI=1S/C11H13N3O2/c1-7-5-6-8(16-7)11-12-9-3-2-4-10(15)14(9)13-11/h5-6,10,15H,2-4H2,1H3. The summed E-state index contributed by atoms with van der Waals surface area (Å²) in [6, 6.07) is 3.73. The van der Waals surface area contributed by atoms with Gasteiger partial charge in [0.05, 0.1) is 0 Å². The highest BCUT2D eigenvalue weighted by molar-refractivity contribution is 5.46. The average molecular weight is 219 g/mol. The first-order chi connectivity index (χ1) is 7.74. The van der Waals surface area contributed by atoms with Gasteiger partial charge in [0.15, 0.2) is 5.76 Å². The van der Waals surface area contributed by atoms with Crippen molar-refractivity contribution in [1.82, 2.24) is 14.8 Å². The smallest absolute Gasteiger partial charge is 0.217 e. The van der Waals surface area contributed by atoms with E-state index in [1.807, 2.05) is 19.1 Å². The molecule has 0 saturated heterocycles. The van der Waals surface area contributed by atoms with Crippen LogP contribution in [0.15, 0.2) is 16.5 Å². The molecule has 1 aliphatic heterocycles. The molecular weight excluding hydrogens is 206 g/mol. The molecule has 2 aromatic rings. The summed E-state index contributed by atoms with van der Waals surface area (Å²) in [4.78, 5) is 4.38. The third kappa shape index (κ3) is 1.44. The van der Waals surface area contributed by atoms with Gasteiger partial charge in [0.1, 0.15) is 17.8 Å². The number of aliphatic hydroxyl groups excluding tert-OH is 1. The number of aliphatic hydroxyl groups is 1. The molecule has 0 aliphatic carbocycles. The number of hydrogen-bond acceptors (Lipinski definition) is 4. The van der Waals surface area contributed by atoms with Gasteiger partial charge in [-0.1, -0.05) is 0 Å². The topological polar surface area (TPSA) is 64.1 Å². The molecular formula is C11H13N3O2. The molecule has 1 atom stereocenters. The van der Waals surface area contributed by atoms with Crippen molar-refractivity contribution in [3.63, 3.8) is 0 Å². The van der Waals surface area contributed by atoms with E-state index in [2.05, 4.69) is 10.1 Å². The lowest BCUT2D eigenvalue weighted by Crippen LogP contribution is -2.18. The lowest BCUT2D eigenvalue weighted by Gasteiger charge is -2.17. The van der Waals surface area contributed by atoms with Gasteiger partial charge in [-0.2, -0.15) is 0 Å².